The maximum atomic E-state index is 3.86. The number of hydrogen-bond donors (Lipinski definition) is 1. The summed E-state index contributed by atoms with van der Waals surface area (Å²) < 4.78 is 0. The summed E-state index contributed by atoms with van der Waals surface area (Å²) in [6.07, 6.45) is 4.76. The number of nitrogens with one attached hydrogen (secondary N) is 1. The van der Waals surface area contributed by atoms with E-state index in [2.05, 4.69) is 24.9 Å². The molecule has 1 heterocycles. The van der Waals surface area contributed by atoms with Gasteiger partial charge in [-0.2, -0.15) is 0 Å². The molecule has 2 aliphatic rings. The summed E-state index contributed by atoms with van der Waals surface area (Å²) >= 11 is 0. The van der Waals surface area contributed by atoms with Crippen molar-refractivity contribution in [2.24, 2.45) is 11.8 Å². The molecule has 1 nitrogen and oxygen atoms in total. The van der Waals surface area contributed by atoms with Gasteiger partial charge in [-0.25, -0.2) is 0 Å². The fourth-order valence-electron chi connectivity index (χ4n) is 2.69. The van der Waals surface area contributed by atoms with Crippen LogP contribution in [0.3, 0.4) is 0 Å². The van der Waals surface area contributed by atoms with Crippen LogP contribution in [0, 0.1) is 11.8 Å². The van der Waals surface area contributed by atoms with Crippen molar-refractivity contribution in [1.82, 2.24) is 5.32 Å². The number of fused-ring (bicyclic) bond motifs is 1. The van der Waals surface area contributed by atoms with Crippen LogP contribution in [0.4, 0.5) is 0 Å². The van der Waals surface area contributed by atoms with Crippen molar-refractivity contribution >= 4 is 0 Å². The molecule has 0 aromatic heterocycles. The smallest absolute Gasteiger partial charge is 0.0279 e. The predicted molar refractivity (Wildman–Crippen MR) is 42.8 cm³/mol. The lowest BCUT2D eigenvalue weighted by molar-refractivity contribution is 0.503. The van der Waals surface area contributed by atoms with Crippen LogP contribution in [0.25, 0.3) is 0 Å². The molecule has 1 heteroatoms. The third kappa shape index (κ3) is 0.523. The minimum Gasteiger partial charge on any atom is -0.310 e. The van der Waals surface area contributed by atoms with Crippen molar-refractivity contribution in [2.75, 3.05) is 6.54 Å². The lowest BCUT2D eigenvalue weighted by atomic mass is 10.1. The zero-order valence-electron chi connectivity index (χ0n) is 6.56. The Morgan fingerprint density at radius 3 is 3.00 bits per heavy atom. The molecule has 56 valence electrons. The lowest BCUT2D eigenvalue weighted by Crippen LogP contribution is -2.29. The molecule has 10 heavy (non-hydrogen) atoms. The monoisotopic (exact) mass is 137 g/mol. The highest BCUT2D eigenvalue weighted by molar-refractivity contribution is 5.25. The second kappa shape index (κ2) is 1.85. The standard InChI is InChI=1S/C9H15N/c1-3-7-8-5-6-10-9(7,8)4-2/h3,7-8,10H,1,4-6H2,2H3/t7?,8?,9-/m0/s1. The van der Waals surface area contributed by atoms with Crippen molar-refractivity contribution in [2.45, 2.75) is 25.3 Å². The minimum atomic E-state index is 0.502. The van der Waals surface area contributed by atoms with Crippen LogP contribution < -0.4 is 5.32 Å². The summed E-state index contributed by atoms with van der Waals surface area (Å²) in [4.78, 5) is 0. The van der Waals surface area contributed by atoms with E-state index in [9.17, 15) is 0 Å². The molecule has 1 aliphatic heterocycles. The highest BCUT2D eigenvalue weighted by Crippen LogP contribution is 2.58. The summed E-state index contributed by atoms with van der Waals surface area (Å²) in [5.74, 6) is 1.71. The third-order valence-electron chi connectivity index (χ3n) is 3.33. The lowest BCUT2D eigenvalue weighted by Gasteiger charge is -2.11. The quantitative estimate of drug-likeness (QED) is 0.569. The van der Waals surface area contributed by atoms with E-state index in [1.807, 2.05) is 0 Å². The van der Waals surface area contributed by atoms with Crippen LogP contribution in [0.1, 0.15) is 19.8 Å². The van der Waals surface area contributed by atoms with Crippen molar-refractivity contribution in [3.8, 4) is 0 Å². The largest absolute Gasteiger partial charge is 0.310 e. The van der Waals surface area contributed by atoms with Gasteiger partial charge in [-0.05, 0) is 31.2 Å². The molecule has 0 bridgehead atoms. The Balaban J connectivity index is 2.14. The first-order valence-electron chi connectivity index (χ1n) is 4.22. The molecule has 0 radical (unpaired) electrons. The van der Waals surface area contributed by atoms with Crippen molar-refractivity contribution < 1.29 is 0 Å². The van der Waals surface area contributed by atoms with Gasteiger partial charge in [0.15, 0.2) is 0 Å². The van der Waals surface area contributed by atoms with Gasteiger partial charge in [0.2, 0.25) is 0 Å². The first-order chi connectivity index (χ1) is 4.85. The highest BCUT2D eigenvalue weighted by atomic mass is 15.1. The fourth-order valence-corrected chi connectivity index (χ4v) is 2.69. The zero-order chi connectivity index (χ0) is 7.19. The maximum absolute atomic E-state index is 3.86. The van der Waals surface area contributed by atoms with Crippen LogP contribution in [-0.2, 0) is 0 Å². The van der Waals surface area contributed by atoms with Gasteiger partial charge in [-0.15, -0.1) is 6.58 Å². The Morgan fingerprint density at radius 1 is 1.80 bits per heavy atom. The van der Waals surface area contributed by atoms with E-state index in [1.165, 1.54) is 19.4 Å². The Labute approximate surface area is 62.5 Å². The maximum Gasteiger partial charge on any atom is 0.0279 e. The molecular formula is C9H15N. The van der Waals surface area contributed by atoms with Crippen LogP contribution in [-0.4, -0.2) is 12.1 Å². The average molecular weight is 137 g/mol. The van der Waals surface area contributed by atoms with Gasteiger partial charge in [0, 0.05) is 5.54 Å². The van der Waals surface area contributed by atoms with Crippen LogP contribution in [0.5, 0.6) is 0 Å². The van der Waals surface area contributed by atoms with Crippen molar-refractivity contribution in [3.05, 3.63) is 12.7 Å². The van der Waals surface area contributed by atoms with E-state index in [0.29, 0.717) is 5.54 Å². The topological polar surface area (TPSA) is 12.0 Å². The molecule has 2 unspecified atom stereocenters. The molecule has 2 rings (SSSR count). The molecule has 1 N–H and O–H groups in total. The molecule has 3 atom stereocenters. The predicted octanol–water partition coefficient (Wildman–Crippen LogP) is 1.56. The summed E-state index contributed by atoms with van der Waals surface area (Å²) in [6, 6.07) is 0. The SMILES string of the molecule is C=CC1C2CCN[C@@]12CC. The normalized spacial score (nSPS) is 50.5. The van der Waals surface area contributed by atoms with Gasteiger partial charge >= 0.3 is 0 Å². The van der Waals surface area contributed by atoms with E-state index in [1.54, 1.807) is 0 Å². The van der Waals surface area contributed by atoms with Crippen LogP contribution in [0.2, 0.25) is 0 Å². The summed E-state index contributed by atoms with van der Waals surface area (Å²) in [5, 5.41) is 3.59. The minimum absolute atomic E-state index is 0.502. The van der Waals surface area contributed by atoms with Gasteiger partial charge in [0.25, 0.3) is 0 Å². The molecule has 0 spiro atoms. The first kappa shape index (κ1) is 6.41. The first-order valence-corrected chi connectivity index (χ1v) is 4.22. The summed E-state index contributed by atoms with van der Waals surface area (Å²) in [6.45, 7) is 7.36. The molecule has 1 saturated carbocycles. The molecule has 2 fully saturated rings. The van der Waals surface area contributed by atoms with Gasteiger partial charge in [-0.3, -0.25) is 0 Å². The third-order valence-corrected chi connectivity index (χ3v) is 3.33. The van der Waals surface area contributed by atoms with Crippen molar-refractivity contribution in [3.63, 3.8) is 0 Å². The van der Waals surface area contributed by atoms with E-state index in [4.69, 9.17) is 0 Å². The zero-order valence-corrected chi connectivity index (χ0v) is 6.56. The van der Waals surface area contributed by atoms with Crippen LogP contribution in [0.15, 0.2) is 12.7 Å². The van der Waals surface area contributed by atoms with E-state index < -0.39 is 0 Å². The molecule has 0 aromatic carbocycles. The van der Waals surface area contributed by atoms with Gasteiger partial charge < -0.3 is 5.32 Å². The molecule has 0 amide bonds. The summed E-state index contributed by atoms with van der Waals surface area (Å²) in [7, 11) is 0. The van der Waals surface area contributed by atoms with Gasteiger partial charge in [0.1, 0.15) is 0 Å². The van der Waals surface area contributed by atoms with E-state index >= 15 is 0 Å². The van der Waals surface area contributed by atoms with E-state index in [-0.39, 0.29) is 0 Å². The van der Waals surface area contributed by atoms with Crippen molar-refractivity contribution in [1.29, 1.82) is 0 Å². The number of rotatable bonds is 2. The summed E-state index contributed by atoms with van der Waals surface area (Å²) in [5.41, 5.74) is 0.502. The van der Waals surface area contributed by atoms with Crippen LogP contribution >= 0.6 is 0 Å². The van der Waals surface area contributed by atoms with Gasteiger partial charge in [0.05, 0.1) is 0 Å². The second-order valence-electron chi connectivity index (χ2n) is 3.48. The second-order valence-corrected chi connectivity index (χ2v) is 3.48. The Bertz CT molecular complexity index is 164. The Morgan fingerprint density at radius 2 is 2.60 bits per heavy atom. The van der Waals surface area contributed by atoms with Gasteiger partial charge in [-0.1, -0.05) is 13.0 Å². The molecular weight excluding hydrogens is 122 g/mol. The fraction of sp³-hybridized carbons (Fsp3) is 0.778. The Kier molecular flexibility index (Phi) is 1.19. The average Bonchev–Trinajstić information content (AvgIpc) is 2.38. The highest BCUT2D eigenvalue weighted by Gasteiger charge is 2.63. The molecule has 1 aliphatic carbocycles. The van der Waals surface area contributed by atoms with E-state index in [0.717, 1.165) is 11.8 Å². The Hall–Kier alpha value is -0.300. The molecule has 1 saturated heterocycles. The molecule has 0 aromatic rings. The number of piperidine rings is 1. The number of hydrogen-bond acceptors (Lipinski definition) is 1.